The van der Waals surface area contributed by atoms with Gasteiger partial charge in [0.25, 0.3) is 0 Å². The number of nitrogens with zero attached hydrogens (tertiary/aromatic N) is 4. The highest BCUT2D eigenvalue weighted by molar-refractivity contribution is 6.19. The van der Waals surface area contributed by atoms with E-state index in [-0.39, 0.29) is 0 Å². The summed E-state index contributed by atoms with van der Waals surface area (Å²) in [5.41, 5.74) is 18.3. The fourth-order valence-electron chi connectivity index (χ4n) is 9.62. The predicted octanol–water partition coefficient (Wildman–Crippen LogP) is 13.6. The highest BCUT2D eigenvalue weighted by atomic mass is 16.5. The van der Waals surface area contributed by atoms with Gasteiger partial charge < -0.3 is 13.9 Å². The third-order valence-corrected chi connectivity index (χ3v) is 12.0. The maximum absolute atomic E-state index is 7.22. The third kappa shape index (κ3) is 5.53. The number of hydrogen-bond donors (Lipinski definition) is 0. The van der Waals surface area contributed by atoms with Crippen LogP contribution in [0.3, 0.4) is 0 Å². The Morgan fingerprint density at radius 1 is 0.542 bits per heavy atom. The van der Waals surface area contributed by atoms with Crippen LogP contribution in [0.25, 0.3) is 88.9 Å². The Kier molecular flexibility index (Phi) is 8.47. The molecule has 0 bridgehead atoms. The van der Waals surface area contributed by atoms with E-state index in [4.69, 9.17) is 14.7 Å². The minimum absolute atomic E-state index is 0.459. The Morgan fingerprint density at radius 2 is 1.17 bits per heavy atom. The molecule has 0 spiro atoms. The van der Waals surface area contributed by atoms with Gasteiger partial charge in [-0.15, -0.1) is 0 Å². The molecule has 0 aliphatic carbocycles. The molecule has 5 heteroatoms. The molecule has 10 aromatic rings. The Hall–Kier alpha value is -7.24. The van der Waals surface area contributed by atoms with Gasteiger partial charge in [-0.05, 0) is 102 Å². The van der Waals surface area contributed by atoms with Crippen molar-refractivity contribution < 1.29 is 4.74 Å². The number of hydrogen-bond acceptors (Lipinski definition) is 3. The average Bonchev–Trinajstić information content (AvgIpc) is 3.83. The van der Waals surface area contributed by atoms with Gasteiger partial charge in [-0.25, -0.2) is 0 Å². The van der Waals surface area contributed by atoms with Crippen molar-refractivity contribution in [3.05, 3.63) is 187 Å². The Balaban J connectivity index is 1.28. The maximum Gasteiger partial charge on any atom is 0.137 e. The number of para-hydroxylation sites is 2. The summed E-state index contributed by atoms with van der Waals surface area (Å²) in [6, 6.07) is 56.2. The molecule has 6 aromatic carbocycles. The normalized spacial score (nSPS) is 12.2. The molecular formula is C54H42N4O. The molecule has 0 N–H and O–H groups in total. The smallest absolute Gasteiger partial charge is 0.137 e. The lowest BCUT2D eigenvalue weighted by molar-refractivity contribution is 0.308. The number of rotatable bonds is 8. The second-order valence-electron chi connectivity index (χ2n) is 15.4. The summed E-state index contributed by atoms with van der Waals surface area (Å²) < 4.78 is 12.1. The molecule has 0 fully saturated rings. The molecule has 0 unspecified atom stereocenters. The zero-order valence-electron chi connectivity index (χ0n) is 33.2. The largest absolute Gasteiger partial charge is 0.487 e. The molecule has 5 nitrogen and oxygen atoms in total. The Labute approximate surface area is 343 Å². The molecule has 0 amide bonds. The highest BCUT2D eigenvalue weighted by Crippen LogP contribution is 2.53. The number of benzene rings is 6. The molecule has 0 radical (unpaired) electrons. The minimum Gasteiger partial charge on any atom is -0.487 e. The van der Waals surface area contributed by atoms with Gasteiger partial charge in [-0.3, -0.25) is 9.97 Å². The van der Waals surface area contributed by atoms with Gasteiger partial charge in [-0.2, -0.15) is 0 Å². The second-order valence-corrected chi connectivity index (χ2v) is 15.4. The molecule has 5 heterocycles. The van der Waals surface area contributed by atoms with Crippen LogP contribution in [0.2, 0.25) is 0 Å². The molecule has 11 rings (SSSR count). The molecular weight excluding hydrogens is 721 g/mol. The Bertz CT molecular complexity index is 3180. The van der Waals surface area contributed by atoms with E-state index in [1.165, 1.54) is 44.4 Å². The van der Waals surface area contributed by atoms with E-state index in [0.29, 0.717) is 6.61 Å². The van der Waals surface area contributed by atoms with Gasteiger partial charge in [0, 0.05) is 62.5 Å². The van der Waals surface area contributed by atoms with Crippen molar-refractivity contribution in [2.24, 2.45) is 0 Å². The van der Waals surface area contributed by atoms with Crippen molar-refractivity contribution >= 4 is 32.7 Å². The van der Waals surface area contributed by atoms with Gasteiger partial charge in [0.1, 0.15) is 12.4 Å². The number of pyridine rings is 2. The van der Waals surface area contributed by atoms with Gasteiger partial charge in [0.2, 0.25) is 0 Å². The first kappa shape index (κ1) is 35.0. The maximum atomic E-state index is 7.22. The predicted molar refractivity (Wildman–Crippen MR) is 243 cm³/mol. The van der Waals surface area contributed by atoms with Gasteiger partial charge in [0.05, 0.1) is 33.3 Å². The highest BCUT2D eigenvalue weighted by Gasteiger charge is 2.32. The van der Waals surface area contributed by atoms with Crippen LogP contribution in [0.1, 0.15) is 37.1 Å². The average molecular weight is 763 g/mol. The van der Waals surface area contributed by atoms with Crippen molar-refractivity contribution in [1.82, 2.24) is 19.1 Å². The van der Waals surface area contributed by atoms with Crippen molar-refractivity contribution in [3.8, 4) is 61.9 Å². The van der Waals surface area contributed by atoms with Gasteiger partial charge in [-0.1, -0.05) is 111 Å². The SMILES string of the molecule is CCCc1c(CC)n(-c2ccccc2)c2c(-c3ccccn3)cc3c(c12)COc1c-3cc(-c2ccccn2)c2c1c1ccccc1n2-c1cccc(-c2ccccc2)c1. The third-order valence-electron chi connectivity index (χ3n) is 12.0. The first-order chi connectivity index (χ1) is 29.2. The number of fused-ring (bicyclic) bond motifs is 9. The van der Waals surface area contributed by atoms with Crippen molar-refractivity contribution in [2.75, 3.05) is 0 Å². The molecule has 0 saturated heterocycles. The Morgan fingerprint density at radius 3 is 1.86 bits per heavy atom. The van der Waals surface area contributed by atoms with Crippen LogP contribution in [-0.2, 0) is 19.4 Å². The van der Waals surface area contributed by atoms with Crippen molar-refractivity contribution in [1.29, 1.82) is 0 Å². The zero-order valence-corrected chi connectivity index (χ0v) is 33.2. The molecule has 0 saturated carbocycles. The molecule has 1 aliphatic heterocycles. The molecule has 4 aromatic heterocycles. The first-order valence-corrected chi connectivity index (χ1v) is 20.7. The second kappa shape index (κ2) is 14.3. The zero-order chi connectivity index (χ0) is 39.5. The molecule has 1 aliphatic rings. The van der Waals surface area contributed by atoms with E-state index < -0.39 is 0 Å². The van der Waals surface area contributed by atoms with E-state index in [2.05, 4.69) is 169 Å². The molecule has 284 valence electrons. The fourth-order valence-corrected chi connectivity index (χ4v) is 9.62. The van der Waals surface area contributed by atoms with E-state index in [1.54, 1.807) is 0 Å². The van der Waals surface area contributed by atoms with Crippen molar-refractivity contribution in [3.63, 3.8) is 0 Å². The van der Waals surface area contributed by atoms with Crippen LogP contribution in [-0.4, -0.2) is 19.1 Å². The lowest BCUT2D eigenvalue weighted by atomic mass is 9.86. The van der Waals surface area contributed by atoms with E-state index in [0.717, 1.165) is 86.3 Å². The summed E-state index contributed by atoms with van der Waals surface area (Å²) in [5, 5.41) is 3.53. The summed E-state index contributed by atoms with van der Waals surface area (Å²) in [7, 11) is 0. The van der Waals surface area contributed by atoms with Gasteiger partial charge >= 0.3 is 0 Å². The molecule has 0 atom stereocenters. The summed E-state index contributed by atoms with van der Waals surface area (Å²) in [6.45, 7) is 5.03. The fraction of sp³-hybridized carbons (Fsp3) is 0.111. The van der Waals surface area contributed by atoms with Crippen LogP contribution in [0, 0.1) is 0 Å². The topological polar surface area (TPSA) is 44.9 Å². The van der Waals surface area contributed by atoms with Crippen LogP contribution < -0.4 is 4.74 Å². The van der Waals surface area contributed by atoms with Gasteiger partial charge in [0.15, 0.2) is 0 Å². The first-order valence-electron chi connectivity index (χ1n) is 20.7. The van der Waals surface area contributed by atoms with E-state index in [1.807, 2.05) is 24.5 Å². The number of ether oxygens (including phenoxy) is 1. The van der Waals surface area contributed by atoms with E-state index in [9.17, 15) is 0 Å². The minimum atomic E-state index is 0.459. The van der Waals surface area contributed by atoms with Crippen LogP contribution >= 0.6 is 0 Å². The lowest BCUT2D eigenvalue weighted by Crippen LogP contribution is -2.09. The standard InChI is InChI=1S/C54H42N4O/c1-3-18-39-48(4-2)57(37-22-9-6-10-23-37)52-43(46-26-13-15-29-55-46)32-41-42-33-44(47-27-14-16-30-56-47)53-51(54(42)59-34-45(41)50(39)52)40-25-11-12-28-49(40)58(53)38-24-17-21-36(31-38)35-19-7-5-8-20-35/h5-17,19-33H,3-4,18,34H2,1-2H3. The lowest BCUT2D eigenvalue weighted by Gasteiger charge is -2.26. The summed E-state index contributed by atoms with van der Waals surface area (Å²) in [6.07, 6.45) is 6.72. The monoisotopic (exact) mass is 762 g/mol. The molecule has 59 heavy (non-hydrogen) atoms. The van der Waals surface area contributed by atoms with Crippen LogP contribution in [0.4, 0.5) is 0 Å². The quantitative estimate of drug-likeness (QED) is 0.155. The number of aromatic nitrogens is 4. The van der Waals surface area contributed by atoms with Crippen molar-refractivity contribution in [2.45, 2.75) is 39.7 Å². The van der Waals surface area contributed by atoms with E-state index >= 15 is 0 Å². The van der Waals surface area contributed by atoms with Crippen LogP contribution in [0.5, 0.6) is 5.75 Å². The van der Waals surface area contributed by atoms with Crippen LogP contribution in [0.15, 0.2) is 170 Å². The summed E-state index contributed by atoms with van der Waals surface area (Å²) in [4.78, 5) is 10.0. The summed E-state index contributed by atoms with van der Waals surface area (Å²) >= 11 is 0. The summed E-state index contributed by atoms with van der Waals surface area (Å²) in [5.74, 6) is 0.905. The number of aryl methyl sites for hydroxylation is 1.